The maximum absolute atomic E-state index is 13.3. The van der Waals surface area contributed by atoms with Crippen LogP contribution in [0.2, 0.25) is 5.02 Å². The molecule has 10 heteroatoms. The number of nitrogens with one attached hydrogen (secondary N) is 1. The molecule has 30 heavy (non-hydrogen) atoms. The van der Waals surface area contributed by atoms with E-state index >= 15 is 0 Å². The van der Waals surface area contributed by atoms with E-state index in [1.165, 1.54) is 6.33 Å². The first-order chi connectivity index (χ1) is 14.5. The second-order valence-electron chi connectivity index (χ2n) is 7.86. The van der Waals surface area contributed by atoms with Crippen molar-refractivity contribution in [1.82, 2.24) is 29.1 Å². The number of nitriles is 1. The summed E-state index contributed by atoms with van der Waals surface area (Å²) >= 11 is 6.24. The Balaban J connectivity index is 1.68. The van der Waals surface area contributed by atoms with E-state index in [-0.39, 0.29) is 17.5 Å². The number of fused-ring (bicyclic) bond motifs is 2. The highest BCUT2D eigenvalue weighted by Crippen LogP contribution is 2.39. The predicted octanol–water partition coefficient (Wildman–Crippen LogP) is 2.90. The number of anilines is 1. The number of nitrogens with zero attached hydrogens (tertiary/aromatic N) is 7. The minimum atomic E-state index is -0.150. The van der Waals surface area contributed by atoms with Gasteiger partial charge in [0.05, 0.1) is 22.0 Å². The second-order valence-corrected chi connectivity index (χ2v) is 8.26. The highest BCUT2D eigenvalue weighted by Gasteiger charge is 2.36. The average molecular weight is 423 g/mol. The fraction of sp³-hybridized carbons (Fsp3) is 0.350. The van der Waals surface area contributed by atoms with Crippen molar-refractivity contribution in [2.45, 2.75) is 32.9 Å². The molecule has 1 aliphatic heterocycles. The van der Waals surface area contributed by atoms with Gasteiger partial charge in [-0.05, 0) is 18.4 Å². The summed E-state index contributed by atoms with van der Waals surface area (Å²) < 4.78 is 3.28. The van der Waals surface area contributed by atoms with Crippen LogP contribution in [0.1, 0.15) is 37.7 Å². The van der Waals surface area contributed by atoms with Crippen LogP contribution in [-0.2, 0) is 6.54 Å². The molecule has 0 aromatic carbocycles. The number of hydrogen-bond donors (Lipinski definition) is 1. The summed E-state index contributed by atoms with van der Waals surface area (Å²) in [4.78, 5) is 27.0. The molecule has 0 spiro atoms. The molecule has 1 fully saturated rings. The minimum Gasteiger partial charge on any atom is -0.345 e. The lowest BCUT2D eigenvalue weighted by atomic mass is 10.0. The lowest BCUT2D eigenvalue weighted by Gasteiger charge is -2.42. The van der Waals surface area contributed by atoms with Gasteiger partial charge >= 0.3 is 0 Å². The van der Waals surface area contributed by atoms with Gasteiger partial charge in [0, 0.05) is 25.5 Å². The molecule has 0 radical (unpaired) electrons. The Labute approximate surface area is 176 Å². The third-order valence-electron chi connectivity index (χ3n) is 5.46. The summed E-state index contributed by atoms with van der Waals surface area (Å²) in [6.07, 6.45) is 5.64. The topological polar surface area (TPSA) is 108 Å². The van der Waals surface area contributed by atoms with E-state index in [0.29, 0.717) is 45.3 Å². The summed E-state index contributed by atoms with van der Waals surface area (Å²) in [5.74, 6) is 1.60. The maximum Gasteiger partial charge on any atom is 0.279 e. The molecular weight excluding hydrogens is 404 g/mol. The largest absolute Gasteiger partial charge is 0.345 e. The van der Waals surface area contributed by atoms with Crippen LogP contribution in [0.25, 0.3) is 16.6 Å². The first kappa shape index (κ1) is 18.6. The van der Waals surface area contributed by atoms with Crippen molar-refractivity contribution in [2.24, 2.45) is 5.92 Å². The fourth-order valence-corrected chi connectivity index (χ4v) is 4.25. The van der Waals surface area contributed by atoms with Crippen LogP contribution in [0.3, 0.4) is 0 Å². The number of aromatic nitrogens is 6. The zero-order valence-electron chi connectivity index (χ0n) is 16.5. The van der Waals surface area contributed by atoms with Gasteiger partial charge in [-0.25, -0.2) is 14.5 Å². The SMILES string of the molecule is CC(C)Cn1c(C2CCN2c2ncnc3[nH]cc(C#N)c23)nn2ccc(Cl)c2c1=O. The maximum atomic E-state index is 13.3. The molecule has 1 atom stereocenters. The van der Waals surface area contributed by atoms with E-state index in [4.69, 9.17) is 16.7 Å². The van der Waals surface area contributed by atoms with Crippen LogP contribution < -0.4 is 10.5 Å². The first-order valence-electron chi connectivity index (χ1n) is 9.76. The van der Waals surface area contributed by atoms with E-state index in [2.05, 4.69) is 39.8 Å². The number of rotatable bonds is 4. The molecule has 0 amide bonds. The number of hydrogen-bond acceptors (Lipinski definition) is 6. The van der Waals surface area contributed by atoms with Crippen LogP contribution in [0.15, 0.2) is 29.6 Å². The predicted molar refractivity (Wildman–Crippen MR) is 113 cm³/mol. The Morgan fingerprint density at radius 3 is 2.93 bits per heavy atom. The van der Waals surface area contributed by atoms with Gasteiger partial charge < -0.3 is 9.88 Å². The van der Waals surface area contributed by atoms with Gasteiger partial charge in [0.1, 0.15) is 29.4 Å². The minimum absolute atomic E-state index is 0.137. The van der Waals surface area contributed by atoms with Gasteiger partial charge in [0.25, 0.3) is 5.56 Å². The Morgan fingerprint density at radius 2 is 2.23 bits per heavy atom. The van der Waals surface area contributed by atoms with E-state index in [1.807, 2.05) is 0 Å². The van der Waals surface area contributed by atoms with Crippen molar-refractivity contribution in [3.63, 3.8) is 0 Å². The average Bonchev–Trinajstić information content (AvgIpc) is 3.28. The second kappa shape index (κ2) is 6.85. The molecule has 5 rings (SSSR count). The highest BCUT2D eigenvalue weighted by atomic mass is 35.5. The molecule has 0 bridgehead atoms. The van der Waals surface area contributed by atoms with E-state index in [1.54, 1.807) is 27.5 Å². The number of halogens is 1. The van der Waals surface area contributed by atoms with Crippen LogP contribution in [-0.4, -0.2) is 35.7 Å². The van der Waals surface area contributed by atoms with E-state index < -0.39 is 0 Å². The Morgan fingerprint density at radius 1 is 1.40 bits per heavy atom. The lowest BCUT2D eigenvalue weighted by Crippen LogP contribution is -2.45. The molecule has 152 valence electrons. The quantitative estimate of drug-likeness (QED) is 0.541. The van der Waals surface area contributed by atoms with Crippen molar-refractivity contribution in [1.29, 1.82) is 5.26 Å². The summed E-state index contributed by atoms with van der Waals surface area (Å²) in [7, 11) is 0. The molecule has 4 aromatic heterocycles. The normalized spacial score (nSPS) is 16.4. The third kappa shape index (κ3) is 2.68. The molecule has 1 N–H and O–H groups in total. The standard InChI is InChI=1S/C20H19ClN8O/c1-11(2)9-28-18(26-29-6-3-13(21)16(29)20(28)30)14-4-5-27(14)19-15-12(7-22)8-23-17(15)24-10-25-19/h3,6,8,10-11,14H,4-5,9H2,1-2H3,(H,23,24,25). The fourth-order valence-electron chi connectivity index (χ4n) is 4.03. The zero-order valence-corrected chi connectivity index (χ0v) is 17.3. The molecule has 0 aliphatic carbocycles. The van der Waals surface area contributed by atoms with Crippen molar-refractivity contribution >= 4 is 34.0 Å². The highest BCUT2D eigenvalue weighted by molar-refractivity contribution is 6.33. The van der Waals surface area contributed by atoms with Crippen molar-refractivity contribution in [2.75, 3.05) is 11.4 Å². The Kier molecular flexibility index (Phi) is 4.25. The molecule has 0 saturated carbocycles. The van der Waals surface area contributed by atoms with Gasteiger partial charge in [-0.15, -0.1) is 0 Å². The molecule has 1 saturated heterocycles. The summed E-state index contributed by atoms with van der Waals surface area (Å²) in [5, 5.41) is 15.3. The number of aromatic amines is 1. The van der Waals surface area contributed by atoms with Gasteiger partial charge in [-0.3, -0.25) is 9.36 Å². The first-order valence-corrected chi connectivity index (χ1v) is 10.1. The van der Waals surface area contributed by atoms with Gasteiger partial charge in [-0.2, -0.15) is 10.4 Å². The van der Waals surface area contributed by atoms with E-state index in [9.17, 15) is 10.1 Å². The molecule has 1 aliphatic rings. The monoisotopic (exact) mass is 422 g/mol. The van der Waals surface area contributed by atoms with Gasteiger partial charge in [-0.1, -0.05) is 25.4 Å². The van der Waals surface area contributed by atoms with Crippen molar-refractivity contribution in [3.05, 3.63) is 51.6 Å². The van der Waals surface area contributed by atoms with Gasteiger partial charge in [0.15, 0.2) is 5.82 Å². The van der Waals surface area contributed by atoms with Crippen LogP contribution in [0, 0.1) is 17.2 Å². The number of H-pyrrole nitrogens is 1. The summed E-state index contributed by atoms with van der Waals surface area (Å²) in [6, 6.07) is 3.74. The van der Waals surface area contributed by atoms with Crippen LogP contribution in [0.4, 0.5) is 5.82 Å². The Hall–Kier alpha value is -3.38. The molecule has 9 nitrogen and oxygen atoms in total. The zero-order chi connectivity index (χ0) is 21.0. The van der Waals surface area contributed by atoms with Crippen LogP contribution >= 0.6 is 11.6 Å². The third-order valence-corrected chi connectivity index (χ3v) is 5.76. The van der Waals surface area contributed by atoms with Crippen LogP contribution in [0.5, 0.6) is 0 Å². The molecular formula is C20H19ClN8O. The van der Waals surface area contributed by atoms with E-state index in [0.717, 1.165) is 13.0 Å². The summed E-state index contributed by atoms with van der Waals surface area (Å²) in [6.45, 7) is 5.41. The summed E-state index contributed by atoms with van der Waals surface area (Å²) in [5.41, 5.74) is 1.34. The Bertz CT molecular complexity index is 1380. The van der Waals surface area contributed by atoms with Gasteiger partial charge in [0.2, 0.25) is 0 Å². The van der Waals surface area contributed by atoms with Crippen molar-refractivity contribution in [3.8, 4) is 6.07 Å². The molecule has 5 heterocycles. The molecule has 1 unspecified atom stereocenters. The lowest BCUT2D eigenvalue weighted by molar-refractivity contribution is 0.387. The molecule has 4 aromatic rings. The smallest absolute Gasteiger partial charge is 0.279 e. The van der Waals surface area contributed by atoms with Crippen molar-refractivity contribution < 1.29 is 0 Å².